The summed E-state index contributed by atoms with van der Waals surface area (Å²) in [5, 5.41) is 0. The van der Waals surface area contributed by atoms with Crippen LogP contribution in [0.1, 0.15) is 33.2 Å². The molecule has 1 atom stereocenters. The van der Waals surface area contributed by atoms with Crippen molar-refractivity contribution in [2.45, 2.75) is 13.0 Å². The quantitative estimate of drug-likeness (QED) is 0.429. The number of ether oxygens (including phenoxy) is 1. The molecule has 1 heterocycles. The number of esters is 1. The van der Waals surface area contributed by atoms with E-state index >= 15 is 0 Å². The number of para-hydroxylation sites is 1. The number of nitrogens with zero attached hydrogens (tertiary/aromatic N) is 2. The van der Waals surface area contributed by atoms with Crippen LogP contribution in [0.2, 0.25) is 0 Å². The molecular weight excluding hydrogens is 416 g/mol. The molecule has 3 aromatic rings. The van der Waals surface area contributed by atoms with Gasteiger partial charge in [-0.25, -0.2) is 4.79 Å². The molecular formula is C27H26N2O4. The van der Waals surface area contributed by atoms with E-state index in [1.54, 1.807) is 60.4 Å². The summed E-state index contributed by atoms with van der Waals surface area (Å²) in [4.78, 5) is 42.6. The van der Waals surface area contributed by atoms with Crippen molar-refractivity contribution in [1.29, 1.82) is 0 Å². The summed E-state index contributed by atoms with van der Waals surface area (Å²) >= 11 is 0. The zero-order valence-corrected chi connectivity index (χ0v) is 18.5. The Morgan fingerprint density at radius 3 is 1.91 bits per heavy atom. The average Bonchev–Trinajstić information content (AvgIpc) is 2.89. The van der Waals surface area contributed by atoms with E-state index in [-0.39, 0.29) is 22.8 Å². The van der Waals surface area contributed by atoms with E-state index in [4.69, 9.17) is 4.74 Å². The Hall–Kier alpha value is -3.93. The molecule has 0 N–H and O–H groups in total. The lowest BCUT2D eigenvalue weighted by Crippen LogP contribution is -2.51. The molecule has 168 valence electrons. The molecule has 1 aliphatic rings. The molecule has 1 fully saturated rings. The fourth-order valence-corrected chi connectivity index (χ4v) is 3.96. The van der Waals surface area contributed by atoms with Gasteiger partial charge in [0.25, 0.3) is 5.91 Å². The highest BCUT2D eigenvalue weighted by Crippen LogP contribution is 2.19. The van der Waals surface area contributed by atoms with E-state index < -0.39 is 12.1 Å². The van der Waals surface area contributed by atoms with Gasteiger partial charge in [-0.15, -0.1) is 0 Å². The molecule has 3 aromatic carbocycles. The molecule has 1 aliphatic heterocycles. The summed E-state index contributed by atoms with van der Waals surface area (Å²) in [5.41, 5.74) is 2.02. The van der Waals surface area contributed by atoms with E-state index in [1.165, 1.54) is 0 Å². The monoisotopic (exact) mass is 442 g/mol. The van der Waals surface area contributed by atoms with Crippen molar-refractivity contribution in [2.75, 3.05) is 31.1 Å². The maximum Gasteiger partial charge on any atom is 0.339 e. The number of benzene rings is 3. The van der Waals surface area contributed by atoms with Crippen LogP contribution in [0.3, 0.4) is 0 Å². The maximum atomic E-state index is 12.9. The van der Waals surface area contributed by atoms with Gasteiger partial charge >= 0.3 is 5.97 Å². The number of carbonyl (C=O) groups is 3. The van der Waals surface area contributed by atoms with Crippen molar-refractivity contribution in [3.05, 3.63) is 102 Å². The third-order valence-corrected chi connectivity index (χ3v) is 5.77. The van der Waals surface area contributed by atoms with Crippen LogP contribution in [0, 0.1) is 0 Å². The summed E-state index contributed by atoms with van der Waals surface area (Å²) < 4.78 is 5.49. The van der Waals surface area contributed by atoms with Crippen LogP contribution in [-0.4, -0.2) is 54.8 Å². The van der Waals surface area contributed by atoms with Crippen LogP contribution in [0.4, 0.5) is 5.69 Å². The number of carbonyl (C=O) groups excluding carboxylic acids is 3. The summed E-state index contributed by atoms with van der Waals surface area (Å²) in [6.07, 6.45) is -0.944. The molecule has 0 spiro atoms. The van der Waals surface area contributed by atoms with Crippen molar-refractivity contribution in [1.82, 2.24) is 4.90 Å². The number of amides is 1. The summed E-state index contributed by atoms with van der Waals surface area (Å²) in [6.45, 7) is 4.11. The SMILES string of the molecule is CC(OC(=O)c1ccccc1C(=O)c1ccccc1)C(=O)N1CCN(c2ccccc2)CC1. The zero-order chi connectivity index (χ0) is 23.2. The number of anilines is 1. The predicted octanol–water partition coefficient (Wildman–Crippen LogP) is 3.81. The van der Waals surface area contributed by atoms with Crippen LogP contribution in [0.5, 0.6) is 0 Å². The molecule has 1 saturated heterocycles. The number of piperazine rings is 1. The molecule has 0 aliphatic carbocycles. The lowest BCUT2D eigenvalue weighted by atomic mass is 9.98. The highest BCUT2D eigenvalue weighted by Gasteiger charge is 2.28. The zero-order valence-electron chi connectivity index (χ0n) is 18.5. The van der Waals surface area contributed by atoms with Gasteiger partial charge in [0.15, 0.2) is 11.9 Å². The second-order valence-corrected chi connectivity index (χ2v) is 7.94. The molecule has 0 radical (unpaired) electrons. The van der Waals surface area contributed by atoms with Gasteiger partial charge in [-0.1, -0.05) is 66.7 Å². The first-order valence-corrected chi connectivity index (χ1v) is 11.0. The van der Waals surface area contributed by atoms with Crippen LogP contribution in [0.25, 0.3) is 0 Å². The first-order valence-electron chi connectivity index (χ1n) is 11.0. The number of rotatable bonds is 6. The van der Waals surface area contributed by atoms with Crippen molar-refractivity contribution in [3.63, 3.8) is 0 Å². The molecule has 6 nitrogen and oxygen atoms in total. The molecule has 0 bridgehead atoms. The highest BCUT2D eigenvalue weighted by atomic mass is 16.5. The topological polar surface area (TPSA) is 66.9 Å². The second-order valence-electron chi connectivity index (χ2n) is 7.94. The van der Waals surface area contributed by atoms with Crippen molar-refractivity contribution >= 4 is 23.3 Å². The predicted molar refractivity (Wildman–Crippen MR) is 126 cm³/mol. The number of hydrogen-bond donors (Lipinski definition) is 0. The van der Waals surface area contributed by atoms with Gasteiger partial charge in [0.1, 0.15) is 0 Å². The van der Waals surface area contributed by atoms with E-state index in [2.05, 4.69) is 17.0 Å². The standard InChI is InChI=1S/C27H26N2O4/c1-20(26(31)29-18-16-28(17-19-29)22-12-6-3-7-13-22)33-27(32)24-15-9-8-14-23(24)25(30)21-10-4-2-5-11-21/h2-15,20H,16-19H2,1H3. The summed E-state index contributed by atoms with van der Waals surface area (Å²) in [7, 11) is 0. The Kier molecular flexibility index (Phi) is 6.83. The van der Waals surface area contributed by atoms with Crippen LogP contribution in [-0.2, 0) is 9.53 Å². The van der Waals surface area contributed by atoms with E-state index in [9.17, 15) is 14.4 Å². The van der Waals surface area contributed by atoms with Gasteiger partial charge in [0, 0.05) is 43.0 Å². The molecule has 4 rings (SSSR count). The molecule has 0 aromatic heterocycles. The lowest BCUT2D eigenvalue weighted by molar-refractivity contribution is -0.140. The second kappa shape index (κ2) is 10.1. The average molecular weight is 443 g/mol. The molecule has 33 heavy (non-hydrogen) atoms. The summed E-state index contributed by atoms with van der Waals surface area (Å²) in [5.74, 6) is -1.18. The molecule has 1 amide bonds. The van der Waals surface area contributed by atoms with Gasteiger partial charge < -0.3 is 14.5 Å². The third-order valence-electron chi connectivity index (χ3n) is 5.77. The Morgan fingerprint density at radius 2 is 1.27 bits per heavy atom. The normalized spacial score (nSPS) is 14.5. The molecule has 0 saturated carbocycles. The Bertz CT molecular complexity index is 1120. The van der Waals surface area contributed by atoms with Crippen LogP contribution >= 0.6 is 0 Å². The minimum atomic E-state index is -0.944. The summed E-state index contributed by atoms with van der Waals surface area (Å²) in [6, 6.07) is 25.4. The third kappa shape index (κ3) is 5.12. The van der Waals surface area contributed by atoms with Crippen molar-refractivity contribution in [2.24, 2.45) is 0 Å². The highest BCUT2D eigenvalue weighted by molar-refractivity contribution is 6.14. The Morgan fingerprint density at radius 1 is 0.727 bits per heavy atom. The van der Waals surface area contributed by atoms with Crippen molar-refractivity contribution < 1.29 is 19.1 Å². The number of hydrogen-bond acceptors (Lipinski definition) is 5. The smallest absolute Gasteiger partial charge is 0.339 e. The van der Waals surface area contributed by atoms with Gasteiger partial charge in [0.05, 0.1) is 5.56 Å². The first-order chi connectivity index (χ1) is 16.0. The Labute approximate surface area is 193 Å². The largest absolute Gasteiger partial charge is 0.449 e. The van der Waals surface area contributed by atoms with Crippen LogP contribution < -0.4 is 4.90 Å². The number of ketones is 1. The van der Waals surface area contributed by atoms with Gasteiger partial charge in [-0.3, -0.25) is 9.59 Å². The van der Waals surface area contributed by atoms with E-state index in [0.29, 0.717) is 31.7 Å². The van der Waals surface area contributed by atoms with E-state index in [1.807, 2.05) is 24.3 Å². The molecule has 6 heteroatoms. The maximum absolute atomic E-state index is 12.9. The Balaban J connectivity index is 1.39. The minimum Gasteiger partial charge on any atom is -0.449 e. The van der Waals surface area contributed by atoms with Crippen LogP contribution in [0.15, 0.2) is 84.9 Å². The van der Waals surface area contributed by atoms with E-state index in [0.717, 1.165) is 5.69 Å². The van der Waals surface area contributed by atoms with Gasteiger partial charge in [0.2, 0.25) is 0 Å². The van der Waals surface area contributed by atoms with Gasteiger partial charge in [-0.2, -0.15) is 0 Å². The molecule has 1 unspecified atom stereocenters. The first kappa shape index (κ1) is 22.3. The lowest BCUT2D eigenvalue weighted by Gasteiger charge is -2.37. The van der Waals surface area contributed by atoms with Gasteiger partial charge in [-0.05, 0) is 25.1 Å². The van der Waals surface area contributed by atoms with Crippen molar-refractivity contribution in [3.8, 4) is 0 Å². The fourth-order valence-electron chi connectivity index (χ4n) is 3.96. The minimum absolute atomic E-state index is 0.153. The fraction of sp³-hybridized carbons (Fsp3) is 0.222.